The van der Waals surface area contributed by atoms with Crippen LogP contribution in [0.4, 0.5) is 0 Å². The molecule has 0 spiro atoms. The van der Waals surface area contributed by atoms with Crippen molar-refractivity contribution in [3.63, 3.8) is 0 Å². The fourth-order valence-electron chi connectivity index (χ4n) is 3.94. The van der Waals surface area contributed by atoms with Crippen molar-refractivity contribution in [3.8, 4) is 0 Å². The lowest BCUT2D eigenvalue weighted by molar-refractivity contribution is 0.255. The summed E-state index contributed by atoms with van der Waals surface area (Å²) in [6.45, 7) is 12.3. The number of allylic oxidation sites excluding steroid dienone is 2. The van der Waals surface area contributed by atoms with E-state index in [1.165, 1.54) is 51.4 Å². The smallest absolute Gasteiger partial charge is 0.0433 e. The van der Waals surface area contributed by atoms with E-state index in [1.807, 2.05) is 0 Å². The Kier molecular flexibility index (Phi) is 8.02. The maximum absolute atomic E-state index is 8.94. The van der Waals surface area contributed by atoms with E-state index in [-0.39, 0.29) is 0 Å². The van der Waals surface area contributed by atoms with Gasteiger partial charge in [-0.25, -0.2) is 0 Å². The summed E-state index contributed by atoms with van der Waals surface area (Å²) >= 11 is 0. The first-order chi connectivity index (χ1) is 9.86. The van der Waals surface area contributed by atoms with Gasteiger partial charge in [-0.05, 0) is 62.7 Å². The van der Waals surface area contributed by atoms with Gasteiger partial charge < -0.3 is 5.11 Å². The average molecular weight is 295 g/mol. The van der Waals surface area contributed by atoms with Gasteiger partial charge in [-0.1, -0.05) is 58.1 Å². The van der Waals surface area contributed by atoms with Crippen LogP contribution in [0.25, 0.3) is 0 Å². The summed E-state index contributed by atoms with van der Waals surface area (Å²) in [5, 5.41) is 8.94. The molecule has 0 aromatic rings. The number of rotatable bonds is 9. The van der Waals surface area contributed by atoms with Crippen molar-refractivity contribution in [3.05, 3.63) is 11.1 Å². The van der Waals surface area contributed by atoms with Gasteiger partial charge in [-0.3, -0.25) is 0 Å². The molecule has 0 bridgehead atoms. The van der Waals surface area contributed by atoms with Crippen molar-refractivity contribution in [1.82, 2.24) is 0 Å². The molecule has 1 rings (SSSR count). The largest absolute Gasteiger partial charge is 0.396 e. The van der Waals surface area contributed by atoms with Gasteiger partial charge in [0, 0.05) is 6.61 Å². The van der Waals surface area contributed by atoms with Crippen LogP contribution in [0, 0.1) is 17.3 Å². The molecule has 0 saturated heterocycles. The molecule has 1 N–H and O–H groups in total. The van der Waals surface area contributed by atoms with E-state index in [9.17, 15) is 0 Å². The molecular formula is C20H38O. The molecule has 21 heavy (non-hydrogen) atoms. The van der Waals surface area contributed by atoms with Crippen LogP contribution in [0.1, 0.15) is 92.4 Å². The number of hydrogen-bond acceptors (Lipinski definition) is 1. The Labute approximate surface area is 133 Å². The van der Waals surface area contributed by atoms with Crippen molar-refractivity contribution < 1.29 is 5.11 Å². The summed E-state index contributed by atoms with van der Waals surface area (Å²) in [7, 11) is 0. The fourth-order valence-corrected chi connectivity index (χ4v) is 3.94. The zero-order chi connectivity index (χ0) is 15.9. The van der Waals surface area contributed by atoms with E-state index in [0.717, 1.165) is 12.3 Å². The molecule has 0 aromatic heterocycles. The van der Waals surface area contributed by atoms with Crippen LogP contribution in [0.15, 0.2) is 11.1 Å². The van der Waals surface area contributed by atoms with Crippen molar-refractivity contribution in [2.75, 3.05) is 6.61 Å². The van der Waals surface area contributed by atoms with Crippen LogP contribution in [-0.4, -0.2) is 11.7 Å². The normalized spacial score (nSPS) is 21.4. The Balaban J connectivity index is 2.31. The highest BCUT2D eigenvalue weighted by Gasteiger charge is 2.27. The molecule has 0 radical (unpaired) electrons. The minimum Gasteiger partial charge on any atom is -0.396 e. The summed E-state index contributed by atoms with van der Waals surface area (Å²) in [5.41, 5.74) is 3.88. The maximum atomic E-state index is 8.94. The van der Waals surface area contributed by atoms with Gasteiger partial charge in [-0.2, -0.15) is 0 Å². The Morgan fingerprint density at radius 1 is 1.05 bits per heavy atom. The third kappa shape index (κ3) is 6.55. The molecule has 2 atom stereocenters. The van der Waals surface area contributed by atoms with Crippen LogP contribution < -0.4 is 0 Å². The van der Waals surface area contributed by atoms with Crippen molar-refractivity contribution in [2.24, 2.45) is 17.3 Å². The van der Waals surface area contributed by atoms with Crippen LogP contribution in [0.3, 0.4) is 0 Å². The summed E-state index contributed by atoms with van der Waals surface area (Å²) in [4.78, 5) is 0. The molecule has 0 aliphatic heterocycles. The Morgan fingerprint density at radius 2 is 1.67 bits per heavy atom. The molecule has 1 aliphatic carbocycles. The predicted molar refractivity (Wildman–Crippen MR) is 93.4 cm³/mol. The monoisotopic (exact) mass is 294 g/mol. The molecule has 0 aromatic carbocycles. The SMILES string of the molecule is CC1=C(CCC(C)CCC[C@H](C)CCO)C(C)(C)CCC1. The Morgan fingerprint density at radius 3 is 2.24 bits per heavy atom. The van der Waals surface area contributed by atoms with E-state index in [0.29, 0.717) is 17.9 Å². The maximum Gasteiger partial charge on any atom is 0.0433 e. The van der Waals surface area contributed by atoms with Crippen molar-refractivity contribution in [1.29, 1.82) is 0 Å². The first-order valence-corrected chi connectivity index (χ1v) is 9.16. The molecular weight excluding hydrogens is 256 g/mol. The lowest BCUT2D eigenvalue weighted by Gasteiger charge is -2.35. The van der Waals surface area contributed by atoms with Gasteiger partial charge in [0.2, 0.25) is 0 Å². The van der Waals surface area contributed by atoms with Gasteiger partial charge in [0.05, 0.1) is 0 Å². The molecule has 1 heteroatoms. The molecule has 0 amide bonds. The second-order valence-electron chi connectivity index (χ2n) is 8.19. The average Bonchev–Trinajstić information content (AvgIpc) is 2.37. The highest BCUT2D eigenvalue weighted by molar-refractivity contribution is 5.22. The fraction of sp³-hybridized carbons (Fsp3) is 0.900. The molecule has 0 heterocycles. The highest BCUT2D eigenvalue weighted by Crippen LogP contribution is 2.42. The highest BCUT2D eigenvalue weighted by atomic mass is 16.3. The first-order valence-electron chi connectivity index (χ1n) is 9.16. The third-order valence-electron chi connectivity index (χ3n) is 5.59. The lowest BCUT2D eigenvalue weighted by atomic mass is 9.70. The minimum atomic E-state index is 0.346. The van der Waals surface area contributed by atoms with Gasteiger partial charge in [0.15, 0.2) is 0 Å². The van der Waals surface area contributed by atoms with Gasteiger partial charge in [0.1, 0.15) is 0 Å². The molecule has 0 fully saturated rings. The third-order valence-corrected chi connectivity index (χ3v) is 5.59. The molecule has 124 valence electrons. The second kappa shape index (κ2) is 8.98. The van der Waals surface area contributed by atoms with Crippen LogP contribution in [0.2, 0.25) is 0 Å². The summed E-state index contributed by atoms with van der Waals surface area (Å²) < 4.78 is 0. The number of hydrogen-bond donors (Lipinski definition) is 1. The van der Waals surface area contributed by atoms with E-state index >= 15 is 0 Å². The Bertz CT molecular complexity index is 327. The van der Waals surface area contributed by atoms with E-state index in [4.69, 9.17) is 5.11 Å². The van der Waals surface area contributed by atoms with Gasteiger partial charge in [0.25, 0.3) is 0 Å². The molecule has 1 nitrogen and oxygen atoms in total. The zero-order valence-electron chi connectivity index (χ0n) is 15.2. The summed E-state index contributed by atoms with van der Waals surface area (Å²) in [5.74, 6) is 1.52. The van der Waals surface area contributed by atoms with Gasteiger partial charge in [-0.15, -0.1) is 0 Å². The predicted octanol–water partition coefficient (Wildman–Crippen LogP) is 6.12. The number of aliphatic hydroxyl groups excluding tert-OH is 1. The lowest BCUT2D eigenvalue weighted by Crippen LogP contribution is -2.20. The second-order valence-corrected chi connectivity index (χ2v) is 8.19. The summed E-state index contributed by atoms with van der Waals surface area (Å²) in [6, 6.07) is 0. The topological polar surface area (TPSA) is 20.2 Å². The van der Waals surface area contributed by atoms with E-state index in [2.05, 4.69) is 34.6 Å². The first kappa shape index (κ1) is 18.7. The summed E-state index contributed by atoms with van der Waals surface area (Å²) in [6.07, 6.45) is 11.6. The van der Waals surface area contributed by atoms with Crippen LogP contribution >= 0.6 is 0 Å². The van der Waals surface area contributed by atoms with Gasteiger partial charge >= 0.3 is 0 Å². The van der Waals surface area contributed by atoms with E-state index in [1.54, 1.807) is 11.1 Å². The van der Waals surface area contributed by atoms with Crippen molar-refractivity contribution in [2.45, 2.75) is 92.4 Å². The standard InChI is InChI=1S/C20H38O/c1-16(8-6-9-17(2)13-15-21)11-12-19-18(3)10-7-14-20(19,4)5/h16-17,21H,6-15H2,1-5H3/t16?,17-/m0/s1. The van der Waals surface area contributed by atoms with Crippen LogP contribution in [0.5, 0.6) is 0 Å². The van der Waals surface area contributed by atoms with E-state index < -0.39 is 0 Å². The van der Waals surface area contributed by atoms with Crippen LogP contribution in [-0.2, 0) is 0 Å². The molecule has 1 aliphatic rings. The Hall–Kier alpha value is -0.300. The van der Waals surface area contributed by atoms with Crippen molar-refractivity contribution >= 4 is 0 Å². The quantitative estimate of drug-likeness (QED) is 0.508. The molecule has 0 saturated carbocycles. The number of aliphatic hydroxyl groups is 1. The molecule has 1 unspecified atom stereocenters. The zero-order valence-corrected chi connectivity index (χ0v) is 15.2. The minimum absolute atomic E-state index is 0.346.